The van der Waals surface area contributed by atoms with Gasteiger partial charge in [0.15, 0.2) is 0 Å². The third kappa shape index (κ3) is 17.9. The van der Waals surface area contributed by atoms with Crippen LogP contribution in [0, 0.1) is 17.6 Å². The lowest BCUT2D eigenvalue weighted by molar-refractivity contribution is 0.545. The maximum Gasteiger partial charge on any atom is 0.0882 e. The van der Waals surface area contributed by atoms with Crippen molar-refractivity contribution in [3.05, 3.63) is 5.75 Å². The quantitative estimate of drug-likeness (QED) is 0.270. The van der Waals surface area contributed by atoms with Gasteiger partial charge in [-0.3, -0.25) is 0 Å². The Balaban J connectivity index is 2.97. The van der Waals surface area contributed by atoms with Gasteiger partial charge >= 0.3 is 0 Å². The normalized spacial score (nSPS) is 10.2. The largest absolute Gasteiger partial charge is 0.147 e. The second-order valence-electron chi connectivity index (χ2n) is 5.31. The van der Waals surface area contributed by atoms with E-state index in [1.807, 2.05) is 5.75 Å². The van der Waals surface area contributed by atoms with E-state index in [4.69, 9.17) is 0 Å². The lowest BCUT2D eigenvalue weighted by Gasteiger charge is -2.01. The first kappa shape index (κ1) is 18.9. The minimum Gasteiger partial charge on any atom is -0.147 e. The Labute approximate surface area is 126 Å². The monoisotopic (exact) mass is 281 g/mol. The third-order valence-electron chi connectivity index (χ3n) is 3.43. The van der Waals surface area contributed by atoms with Crippen molar-refractivity contribution in [3.63, 3.8) is 0 Å². The molecule has 0 fully saturated rings. The van der Waals surface area contributed by atoms with Crippen molar-refractivity contribution in [1.82, 2.24) is 0 Å². The molecule has 111 valence electrons. The number of rotatable bonds is 13. The minimum atomic E-state index is 1.08. The Hall–Kier alpha value is -0.0900. The van der Waals surface area contributed by atoms with Crippen molar-refractivity contribution >= 4 is 11.8 Å². The standard InChI is InChI=1S/C18H33S/c1-3-4-5-6-7-8-9-10-11-12-13-14-15-16-17-18-19-2/h18H,3-15H2,1-2H3. The summed E-state index contributed by atoms with van der Waals surface area (Å²) in [6.07, 6.45) is 20.1. The molecule has 0 saturated carbocycles. The van der Waals surface area contributed by atoms with Gasteiger partial charge in [0.25, 0.3) is 0 Å². The van der Waals surface area contributed by atoms with Gasteiger partial charge in [-0.25, -0.2) is 0 Å². The van der Waals surface area contributed by atoms with Crippen LogP contribution in [0.15, 0.2) is 0 Å². The molecule has 0 unspecified atom stereocenters. The zero-order valence-electron chi connectivity index (χ0n) is 13.2. The average molecular weight is 282 g/mol. The molecule has 0 saturated heterocycles. The van der Waals surface area contributed by atoms with Crippen LogP contribution >= 0.6 is 11.8 Å². The van der Waals surface area contributed by atoms with E-state index < -0.39 is 0 Å². The predicted octanol–water partition coefficient (Wildman–Crippen LogP) is 6.61. The minimum absolute atomic E-state index is 1.08. The second-order valence-corrected chi connectivity index (χ2v) is 6.02. The maximum absolute atomic E-state index is 3.20. The van der Waals surface area contributed by atoms with Gasteiger partial charge < -0.3 is 0 Å². The van der Waals surface area contributed by atoms with Crippen molar-refractivity contribution in [2.75, 3.05) is 6.26 Å². The van der Waals surface area contributed by atoms with E-state index in [0.717, 1.165) is 6.42 Å². The SMILES string of the molecule is CCCCCCCCCCCCCCC#C[CH]SC. The van der Waals surface area contributed by atoms with E-state index in [-0.39, 0.29) is 0 Å². The Bertz CT molecular complexity index is 211. The molecule has 0 bridgehead atoms. The van der Waals surface area contributed by atoms with Crippen molar-refractivity contribution in [1.29, 1.82) is 0 Å². The summed E-state index contributed by atoms with van der Waals surface area (Å²) in [5.41, 5.74) is 0. The Morgan fingerprint density at radius 3 is 1.68 bits per heavy atom. The van der Waals surface area contributed by atoms with E-state index in [2.05, 4.69) is 25.0 Å². The van der Waals surface area contributed by atoms with Gasteiger partial charge in [-0.15, -0.1) is 17.7 Å². The molecular weight excluding hydrogens is 248 g/mol. The Kier molecular flexibility index (Phi) is 17.8. The summed E-state index contributed by atoms with van der Waals surface area (Å²) < 4.78 is 0. The van der Waals surface area contributed by atoms with E-state index in [9.17, 15) is 0 Å². The highest BCUT2D eigenvalue weighted by Crippen LogP contribution is 2.12. The fourth-order valence-electron chi connectivity index (χ4n) is 2.23. The number of hydrogen-bond donors (Lipinski definition) is 0. The molecule has 0 rings (SSSR count). The number of thioether (sulfide) groups is 1. The van der Waals surface area contributed by atoms with Gasteiger partial charge in [-0.2, -0.15) is 0 Å². The molecule has 0 aromatic carbocycles. The fraction of sp³-hybridized carbons (Fsp3) is 0.833. The third-order valence-corrected chi connectivity index (χ3v) is 3.79. The van der Waals surface area contributed by atoms with Crippen LogP contribution in [0.3, 0.4) is 0 Å². The van der Waals surface area contributed by atoms with Crippen LogP contribution in [0.5, 0.6) is 0 Å². The molecule has 0 N–H and O–H groups in total. The fourth-order valence-corrected chi connectivity index (χ4v) is 2.43. The summed E-state index contributed by atoms with van der Waals surface area (Å²) >= 11 is 1.69. The van der Waals surface area contributed by atoms with Crippen LogP contribution < -0.4 is 0 Å². The van der Waals surface area contributed by atoms with Gasteiger partial charge in [-0.1, -0.05) is 83.5 Å². The van der Waals surface area contributed by atoms with Crippen LogP contribution in [0.2, 0.25) is 0 Å². The summed E-state index contributed by atoms with van der Waals surface area (Å²) in [5, 5.41) is 0. The van der Waals surface area contributed by atoms with Crippen molar-refractivity contribution in [3.8, 4) is 11.8 Å². The molecule has 0 amide bonds. The molecule has 0 nitrogen and oxygen atoms in total. The maximum atomic E-state index is 3.20. The molecular formula is C18H33S. The Morgan fingerprint density at radius 2 is 1.21 bits per heavy atom. The molecule has 1 heteroatoms. The Morgan fingerprint density at radius 1 is 0.737 bits per heavy atom. The van der Waals surface area contributed by atoms with E-state index in [1.165, 1.54) is 77.0 Å². The lowest BCUT2D eigenvalue weighted by Crippen LogP contribution is -1.82. The summed E-state index contributed by atoms with van der Waals surface area (Å²) in [5.74, 6) is 8.23. The summed E-state index contributed by atoms with van der Waals surface area (Å²) in [6.45, 7) is 2.28. The molecule has 19 heavy (non-hydrogen) atoms. The van der Waals surface area contributed by atoms with Gasteiger partial charge in [0.2, 0.25) is 0 Å². The highest BCUT2D eigenvalue weighted by atomic mass is 32.2. The average Bonchev–Trinajstić information content (AvgIpc) is 2.43. The van der Waals surface area contributed by atoms with E-state index >= 15 is 0 Å². The number of unbranched alkanes of at least 4 members (excludes halogenated alkanes) is 12. The first-order valence-electron chi connectivity index (χ1n) is 8.24. The first-order chi connectivity index (χ1) is 9.41. The van der Waals surface area contributed by atoms with Gasteiger partial charge in [-0.05, 0) is 12.7 Å². The molecule has 0 aliphatic rings. The van der Waals surface area contributed by atoms with Gasteiger partial charge in [0.1, 0.15) is 0 Å². The van der Waals surface area contributed by atoms with E-state index in [0.29, 0.717) is 0 Å². The van der Waals surface area contributed by atoms with Crippen LogP contribution in [0.25, 0.3) is 0 Å². The first-order valence-corrected chi connectivity index (χ1v) is 9.53. The van der Waals surface area contributed by atoms with Crippen molar-refractivity contribution in [2.24, 2.45) is 0 Å². The highest BCUT2D eigenvalue weighted by Gasteiger charge is 1.92. The van der Waals surface area contributed by atoms with Crippen LogP contribution in [0.1, 0.15) is 90.4 Å². The summed E-state index contributed by atoms with van der Waals surface area (Å²) in [6, 6.07) is 0. The number of hydrogen-bond acceptors (Lipinski definition) is 1. The van der Waals surface area contributed by atoms with Crippen molar-refractivity contribution < 1.29 is 0 Å². The smallest absolute Gasteiger partial charge is 0.0882 e. The van der Waals surface area contributed by atoms with Gasteiger partial charge in [0.05, 0.1) is 5.75 Å². The molecule has 0 spiro atoms. The molecule has 1 radical (unpaired) electrons. The molecule has 0 heterocycles. The van der Waals surface area contributed by atoms with Gasteiger partial charge in [0, 0.05) is 6.42 Å². The molecule has 0 aromatic heterocycles. The van der Waals surface area contributed by atoms with Crippen LogP contribution in [0.4, 0.5) is 0 Å². The molecule has 0 aliphatic heterocycles. The highest BCUT2D eigenvalue weighted by molar-refractivity contribution is 8.00. The lowest BCUT2D eigenvalue weighted by atomic mass is 10.0. The zero-order valence-corrected chi connectivity index (χ0v) is 14.0. The van der Waals surface area contributed by atoms with Crippen LogP contribution in [-0.4, -0.2) is 6.26 Å². The summed E-state index contributed by atoms with van der Waals surface area (Å²) in [7, 11) is 0. The molecule has 0 atom stereocenters. The van der Waals surface area contributed by atoms with Crippen LogP contribution in [-0.2, 0) is 0 Å². The summed E-state index contributed by atoms with van der Waals surface area (Å²) in [4.78, 5) is 0. The second kappa shape index (κ2) is 17.9. The molecule has 0 aliphatic carbocycles. The molecule has 0 aromatic rings. The van der Waals surface area contributed by atoms with Crippen molar-refractivity contribution in [2.45, 2.75) is 90.4 Å². The van der Waals surface area contributed by atoms with E-state index in [1.54, 1.807) is 11.8 Å². The zero-order chi connectivity index (χ0) is 14.0. The predicted molar refractivity (Wildman–Crippen MR) is 91.3 cm³/mol. The topological polar surface area (TPSA) is 0 Å².